The van der Waals surface area contributed by atoms with Crippen LogP contribution in [0.15, 0.2) is 24.5 Å². The van der Waals surface area contributed by atoms with Gasteiger partial charge in [0.2, 0.25) is 5.91 Å². The van der Waals surface area contributed by atoms with Gasteiger partial charge in [0, 0.05) is 23.3 Å². The third kappa shape index (κ3) is 2.09. The number of benzene rings is 1. The van der Waals surface area contributed by atoms with E-state index in [0.29, 0.717) is 16.3 Å². The Balaban J connectivity index is 2.75. The van der Waals surface area contributed by atoms with Gasteiger partial charge in [-0.15, -0.1) is 0 Å². The van der Waals surface area contributed by atoms with E-state index in [9.17, 15) is 9.18 Å². The number of primary amides is 1. The summed E-state index contributed by atoms with van der Waals surface area (Å²) in [6.45, 7) is -0.282. The Labute approximate surface area is 96.9 Å². The first-order valence-corrected chi connectivity index (χ1v) is 5.06. The fourth-order valence-electron chi connectivity index (χ4n) is 1.84. The Morgan fingerprint density at radius 3 is 2.88 bits per heavy atom. The highest BCUT2D eigenvalue weighted by molar-refractivity contribution is 5.91. The second-order valence-electron chi connectivity index (χ2n) is 3.72. The van der Waals surface area contributed by atoms with E-state index in [1.807, 2.05) is 0 Å². The summed E-state index contributed by atoms with van der Waals surface area (Å²) in [6, 6.07) is 2.82. The number of amides is 1. The van der Waals surface area contributed by atoms with Gasteiger partial charge < -0.3 is 10.8 Å². The highest BCUT2D eigenvalue weighted by Crippen LogP contribution is 2.25. The highest BCUT2D eigenvalue weighted by Gasteiger charge is 2.13. The molecule has 0 atom stereocenters. The van der Waals surface area contributed by atoms with Crippen LogP contribution in [-0.2, 0) is 17.8 Å². The molecule has 2 aromatic rings. The summed E-state index contributed by atoms with van der Waals surface area (Å²) in [5.41, 5.74) is 5.77. The summed E-state index contributed by atoms with van der Waals surface area (Å²) in [4.78, 5) is 14.8. The van der Waals surface area contributed by atoms with Gasteiger partial charge in [0.15, 0.2) is 0 Å². The highest BCUT2D eigenvalue weighted by atomic mass is 19.1. The first-order chi connectivity index (χ1) is 8.13. The average molecular weight is 234 g/mol. The molecule has 17 heavy (non-hydrogen) atoms. The fourth-order valence-corrected chi connectivity index (χ4v) is 1.84. The van der Waals surface area contributed by atoms with E-state index >= 15 is 0 Å². The molecule has 1 aromatic carbocycles. The molecule has 0 aliphatic carbocycles. The van der Waals surface area contributed by atoms with Crippen LogP contribution in [0.4, 0.5) is 4.39 Å². The lowest BCUT2D eigenvalue weighted by atomic mass is 9.99. The molecule has 0 unspecified atom stereocenters. The van der Waals surface area contributed by atoms with E-state index in [-0.39, 0.29) is 18.6 Å². The van der Waals surface area contributed by atoms with Crippen molar-refractivity contribution in [3.63, 3.8) is 0 Å². The molecule has 0 radical (unpaired) electrons. The van der Waals surface area contributed by atoms with Gasteiger partial charge in [0.05, 0.1) is 13.0 Å². The summed E-state index contributed by atoms with van der Waals surface area (Å²) in [7, 11) is 0. The summed E-state index contributed by atoms with van der Waals surface area (Å²) >= 11 is 0. The third-order valence-corrected chi connectivity index (χ3v) is 2.60. The van der Waals surface area contributed by atoms with Crippen LogP contribution in [0.5, 0.6) is 0 Å². The lowest BCUT2D eigenvalue weighted by molar-refractivity contribution is -0.117. The molecule has 0 aliphatic rings. The monoisotopic (exact) mass is 234 g/mol. The van der Waals surface area contributed by atoms with Crippen molar-refractivity contribution in [2.45, 2.75) is 13.0 Å². The molecule has 1 heterocycles. The van der Waals surface area contributed by atoms with Gasteiger partial charge in [0.25, 0.3) is 0 Å². The van der Waals surface area contributed by atoms with E-state index in [4.69, 9.17) is 10.8 Å². The number of aromatic nitrogens is 1. The van der Waals surface area contributed by atoms with Crippen LogP contribution in [0.3, 0.4) is 0 Å². The van der Waals surface area contributed by atoms with E-state index in [1.54, 1.807) is 6.07 Å². The normalized spacial score (nSPS) is 10.7. The Morgan fingerprint density at radius 1 is 1.47 bits per heavy atom. The molecule has 0 spiro atoms. The van der Waals surface area contributed by atoms with Crippen molar-refractivity contribution in [1.29, 1.82) is 0 Å². The van der Waals surface area contributed by atoms with Crippen LogP contribution in [0.1, 0.15) is 11.1 Å². The summed E-state index contributed by atoms with van der Waals surface area (Å²) < 4.78 is 13.8. The Bertz CT molecular complexity index is 584. The molecule has 1 amide bonds. The molecule has 0 fully saturated rings. The van der Waals surface area contributed by atoms with Crippen LogP contribution in [0, 0.1) is 5.82 Å². The quantitative estimate of drug-likeness (QED) is 0.828. The molecule has 1 aromatic heterocycles. The summed E-state index contributed by atoms with van der Waals surface area (Å²) in [6.07, 6.45) is 2.87. The smallest absolute Gasteiger partial charge is 0.221 e. The number of aliphatic hydroxyl groups is 1. The molecule has 3 N–H and O–H groups in total. The molecule has 5 heteroatoms. The molecule has 2 rings (SSSR count). The number of hydrogen-bond acceptors (Lipinski definition) is 3. The van der Waals surface area contributed by atoms with E-state index < -0.39 is 11.7 Å². The second kappa shape index (κ2) is 4.47. The predicted octanol–water partition coefficient (Wildman–Crippen LogP) is 0.894. The molecule has 0 bridgehead atoms. The minimum atomic E-state index is -0.598. The number of hydrogen-bond donors (Lipinski definition) is 2. The van der Waals surface area contributed by atoms with Crippen molar-refractivity contribution in [2.75, 3.05) is 0 Å². The number of rotatable bonds is 3. The van der Waals surface area contributed by atoms with Gasteiger partial charge in [0.1, 0.15) is 5.82 Å². The van der Waals surface area contributed by atoms with Gasteiger partial charge in [-0.05, 0) is 23.1 Å². The van der Waals surface area contributed by atoms with Crippen LogP contribution >= 0.6 is 0 Å². The van der Waals surface area contributed by atoms with E-state index in [0.717, 1.165) is 0 Å². The topological polar surface area (TPSA) is 76.2 Å². The zero-order valence-electron chi connectivity index (χ0n) is 8.98. The zero-order chi connectivity index (χ0) is 12.4. The van der Waals surface area contributed by atoms with Gasteiger partial charge in [-0.2, -0.15) is 0 Å². The summed E-state index contributed by atoms with van der Waals surface area (Å²) in [5.74, 6) is -1.13. The molecular weight excluding hydrogens is 223 g/mol. The van der Waals surface area contributed by atoms with Gasteiger partial charge in [-0.1, -0.05) is 0 Å². The van der Waals surface area contributed by atoms with Crippen LogP contribution in [0.25, 0.3) is 10.8 Å². The first kappa shape index (κ1) is 11.5. The van der Waals surface area contributed by atoms with Crippen molar-refractivity contribution >= 4 is 16.7 Å². The van der Waals surface area contributed by atoms with Crippen LogP contribution in [-0.4, -0.2) is 16.0 Å². The van der Waals surface area contributed by atoms with E-state index in [2.05, 4.69) is 4.98 Å². The predicted molar refractivity (Wildman–Crippen MR) is 60.5 cm³/mol. The lowest BCUT2D eigenvalue weighted by Gasteiger charge is -2.09. The fraction of sp³-hybridized carbons (Fsp3) is 0.167. The third-order valence-electron chi connectivity index (χ3n) is 2.60. The van der Waals surface area contributed by atoms with Gasteiger partial charge >= 0.3 is 0 Å². The van der Waals surface area contributed by atoms with Crippen LogP contribution in [0.2, 0.25) is 0 Å². The van der Waals surface area contributed by atoms with Crippen molar-refractivity contribution in [2.24, 2.45) is 5.73 Å². The zero-order valence-corrected chi connectivity index (χ0v) is 8.98. The number of pyridine rings is 1. The van der Waals surface area contributed by atoms with Crippen molar-refractivity contribution in [3.05, 3.63) is 41.5 Å². The van der Waals surface area contributed by atoms with Gasteiger partial charge in [-0.3, -0.25) is 9.78 Å². The Hall–Kier alpha value is -2.01. The van der Waals surface area contributed by atoms with Crippen LogP contribution < -0.4 is 5.73 Å². The standard InChI is InChI=1S/C12H11FN2O2/c13-11-3-7(6-16)10-5-15-2-1-8(10)9(11)4-12(14)17/h1-3,5,16H,4,6H2,(H2,14,17). The number of aliphatic hydroxyl groups excluding tert-OH is 1. The number of halogens is 1. The van der Waals surface area contributed by atoms with Crippen molar-refractivity contribution < 1.29 is 14.3 Å². The van der Waals surface area contributed by atoms with E-state index in [1.165, 1.54) is 18.5 Å². The SMILES string of the molecule is NC(=O)Cc1c(F)cc(CO)c2cnccc12. The number of carbonyl (C=O) groups excluding carboxylic acids is 1. The molecule has 88 valence electrons. The summed E-state index contributed by atoms with van der Waals surface area (Å²) in [5, 5.41) is 10.3. The average Bonchev–Trinajstić information content (AvgIpc) is 2.32. The largest absolute Gasteiger partial charge is 0.392 e. The molecule has 0 aliphatic heterocycles. The lowest BCUT2D eigenvalue weighted by Crippen LogP contribution is -2.15. The Kier molecular flexibility index (Phi) is 3.01. The maximum Gasteiger partial charge on any atom is 0.221 e. The minimum Gasteiger partial charge on any atom is -0.392 e. The minimum absolute atomic E-state index is 0.169. The number of fused-ring (bicyclic) bond motifs is 1. The molecule has 0 saturated carbocycles. The first-order valence-electron chi connectivity index (χ1n) is 5.06. The molecular formula is C12H11FN2O2. The van der Waals surface area contributed by atoms with Crippen molar-refractivity contribution in [1.82, 2.24) is 4.98 Å². The maximum absolute atomic E-state index is 13.8. The number of nitrogens with zero attached hydrogens (tertiary/aromatic N) is 1. The molecule has 4 nitrogen and oxygen atoms in total. The van der Waals surface area contributed by atoms with Crippen molar-refractivity contribution in [3.8, 4) is 0 Å². The molecule has 0 saturated heterocycles. The van der Waals surface area contributed by atoms with Gasteiger partial charge in [-0.25, -0.2) is 4.39 Å². The number of nitrogens with two attached hydrogens (primary N) is 1. The number of carbonyl (C=O) groups is 1. The Morgan fingerprint density at radius 2 is 2.24 bits per heavy atom. The maximum atomic E-state index is 13.8. The second-order valence-corrected chi connectivity index (χ2v) is 3.72.